The van der Waals surface area contributed by atoms with Crippen LogP contribution >= 0.6 is 0 Å². The summed E-state index contributed by atoms with van der Waals surface area (Å²) >= 11 is 0. The fourth-order valence-electron chi connectivity index (χ4n) is 4.14. The van der Waals surface area contributed by atoms with Crippen LogP contribution in [0.1, 0.15) is 46.8 Å². The van der Waals surface area contributed by atoms with Gasteiger partial charge in [0.2, 0.25) is 0 Å². The van der Waals surface area contributed by atoms with Crippen LogP contribution in [-0.4, -0.2) is 17.4 Å². The van der Waals surface area contributed by atoms with E-state index in [1.165, 1.54) is 24.8 Å². The molecule has 5 nitrogen and oxygen atoms in total. The summed E-state index contributed by atoms with van der Waals surface area (Å²) in [6, 6.07) is 14.9. The first-order chi connectivity index (χ1) is 12.8. The van der Waals surface area contributed by atoms with E-state index in [4.69, 9.17) is 4.84 Å². The molecule has 2 aliphatic rings. The number of hydroxylamine groups is 1. The quantitative estimate of drug-likeness (QED) is 0.660. The Bertz CT molecular complexity index is 969. The van der Waals surface area contributed by atoms with Gasteiger partial charge in [0.05, 0.1) is 11.3 Å². The normalized spacial score (nSPS) is 20.0. The molecule has 5 rings (SSSR count). The van der Waals surface area contributed by atoms with Crippen molar-refractivity contribution in [2.45, 2.75) is 31.9 Å². The van der Waals surface area contributed by atoms with Gasteiger partial charge in [-0.3, -0.25) is 9.63 Å². The van der Waals surface area contributed by atoms with Gasteiger partial charge in [-0.25, -0.2) is 5.48 Å². The molecule has 0 spiro atoms. The average molecular weight is 347 g/mol. The molecule has 2 aromatic carbocycles. The molecule has 3 aromatic rings. The third kappa shape index (κ3) is 2.52. The van der Waals surface area contributed by atoms with Gasteiger partial charge in [0.25, 0.3) is 5.91 Å². The molecule has 0 bridgehead atoms. The topological polar surface area (TPSA) is 66.2 Å². The zero-order valence-electron chi connectivity index (χ0n) is 14.5. The highest BCUT2D eigenvalue weighted by Gasteiger charge is 2.23. The molecule has 0 saturated carbocycles. The molecule has 1 atom stereocenters. The SMILES string of the molecule is O=C1NOCc2c(-c3ccc(C4CCCCN4)cc3)[nH]c3cccc1c23. The van der Waals surface area contributed by atoms with E-state index in [0.717, 1.165) is 34.3 Å². The number of piperidine rings is 1. The highest BCUT2D eigenvalue weighted by atomic mass is 16.6. The maximum absolute atomic E-state index is 12.2. The maximum atomic E-state index is 12.2. The van der Waals surface area contributed by atoms with Crippen LogP contribution in [0.3, 0.4) is 0 Å². The lowest BCUT2D eigenvalue weighted by atomic mass is 9.95. The number of aromatic nitrogens is 1. The van der Waals surface area contributed by atoms with Gasteiger partial charge in [-0.05, 0) is 42.6 Å². The van der Waals surface area contributed by atoms with Crippen LogP contribution in [0, 0.1) is 0 Å². The molecule has 3 heterocycles. The molecule has 1 amide bonds. The number of rotatable bonds is 2. The predicted molar refractivity (Wildman–Crippen MR) is 101 cm³/mol. The number of carbonyl (C=O) groups is 1. The number of amides is 1. The molecule has 1 fully saturated rings. The van der Waals surface area contributed by atoms with Gasteiger partial charge in [-0.2, -0.15) is 0 Å². The Kier molecular flexibility index (Phi) is 3.76. The van der Waals surface area contributed by atoms with Crippen LogP contribution in [0.15, 0.2) is 42.5 Å². The van der Waals surface area contributed by atoms with E-state index in [1.54, 1.807) is 0 Å². The number of carbonyl (C=O) groups excluding carboxylic acids is 1. The van der Waals surface area contributed by atoms with Crippen LogP contribution in [-0.2, 0) is 11.4 Å². The monoisotopic (exact) mass is 347 g/mol. The van der Waals surface area contributed by atoms with Gasteiger partial charge in [-0.15, -0.1) is 0 Å². The molecular weight excluding hydrogens is 326 g/mol. The zero-order chi connectivity index (χ0) is 17.5. The summed E-state index contributed by atoms with van der Waals surface area (Å²) in [6.45, 7) is 1.45. The first-order valence-electron chi connectivity index (χ1n) is 9.21. The molecule has 26 heavy (non-hydrogen) atoms. The Labute approximate surface area is 151 Å². The van der Waals surface area contributed by atoms with E-state index in [9.17, 15) is 4.79 Å². The van der Waals surface area contributed by atoms with Gasteiger partial charge in [0.1, 0.15) is 6.61 Å². The summed E-state index contributed by atoms with van der Waals surface area (Å²) < 4.78 is 0. The fourth-order valence-corrected chi connectivity index (χ4v) is 4.14. The summed E-state index contributed by atoms with van der Waals surface area (Å²) in [5.74, 6) is -0.196. The van der Waals surface area contributed by atoms with Crippen LogP contribution in [0.25, 0.3) is 22.2 Å². The van der Waals surface area contributed by atoms with Crippen molar-refractivity contribution in [3.63, 3.8) is 0 Å². The van der Waals surface area contributed by atoms with Crippen molar-refractivity contribution in [2.24, 2.45) is 0 Å². The Morgan fingerprint density at radius 3 is 2.73 bits per heavy atom. The highest BCUT2D eigenvalue weighted by Crippen LogP contribution is 2.35. The Hall–Kier alpha value is -2.63. The summed E-state index contributed by atoms with van der Waals surface area (Å²) in [5.41, 5.74) is 8.62. The second-order valence-electron chi connectivity index (χ2n) is 7.05. The van der Waals surface area contributed by atoms with Crippen LogP contribution in [0.5, 0.6) is 0 Å². The second kappa shape index (κ2) is 6.27. The first kappa shape index (κ1) is 15.6. The minimum atomic E-state index is -0.196. The minimum Gasteiger partial charge on any atom is -0.354 e. The molecule has 1 aromatic heterocycles. The lowest BCUT2D eigenvalue weighted by Crippen LogP contribution is -2.26. The van der Waals surface area contributed by atoms with Gasteiger partial charge in [0, 0.05) is 22.5 Å². The summed E-state index contributed by atoms with van der Waals surface area (Å²) in [5, 5.41) is 4.55. The van der Waals surface area contributed by atoms with Crippen LogP contribution < -0.4 is 10.8 Å². The molecular formula is C21H21N3O2. The van der Waals surface area contributed by atoms with Crippen LogP contribution in [0.2, 0.25) is 0 Å². The molecule has 0 aliphatic carbocycles. The standard InChI is InChI=1S/C21H21N3O2/c25-21-15-4-3-6-18-19(15)16(12-26-24-21)20(23-18)14-9-7-13(8-10-14)17-5-1-2-11-22-17/h3-4,6-10,17,22-23H,1-2,5,11-12H2,(H,24,25). The molecule has 1 unspecified atom stereocenters. The minimum absolute atomic E-state index is 0.196. The van der Waals surface area contributed by atoms with Crippen LogP contribution in [0.4, 0.5) is 0 Å². The third-order valence-corrected chi connectivity index (χ3v) is 5.47. The lowest BCUT2D eigenvalue weighted by Gasteiger charge is -2.24. The van der Waals surface area contributed by atoms with Crippen molar-refractivity contribution in [3.05, 3.63) is 59.2 Å². The average Bonchev–Trinajstić information content (AvgIpc) is 2.98. The number of H-pyrrole nitrogens is 1. The fraction of sp³-hybridized carbons (Fsp3) is 0.286. The number of hydrogen-bond acceptors (Lipinski definition) is 3. The highest BCUT2D eigenvalue weighted by molar-refractivity contribution is 6.09. The molecule has 132 valence electrons. The van der Waals surface area contributed by atoms with Gasteiger partial charge in [0.15, 0.2) is 0 Å². The first-order valence-corrected chi connectivity index (χ1v) is 9.21. The van der Waals surface area contributed by atoms with E-state index in [1.807, 2.05) is 18.2 Å². The Morgan fingerprint density at radius 2 is 1.92 bits per heavy atom. The van der Waals surface area contributed by atoms with Gasteiger partial charge < -0.3 is 10.3 Å². The lowest BCUT2D eigenvalue weighted by molar-refractivity contribution is 0.0256. The van der Waals surface area contributed by atoms with Crippen molar-refractivity contribution in [1.29, 1.82) is 0 Å². The number of hydrogen-bond donors (Lipinski definition) is 3. The second-order valence-corrected chi connectivity index (χ2v) is 7.05. The molecule has 3 N–H and O–H groups in total. The van der Waals surface area contributed by atoms with E-state index < -0.39 is 0 Å². The van der Waals surface area contributed by atoms with Crippen molar-refractivity contribution in [3.8, 4) is 11.3 Å². The Balaban J connectivity index is 1.57. The zero-order valence-corrected chi connectivity index (χ0v) is 14.5. The van der Waals surface area contributed by atoms with E-state index in [-0.39, 0.29) is 5.91 Å². The van der Waals surface area contributed by atoms with E-state index in [0.29, 0.717) is 18.2 Å². The molecule has 5 heteroatoms. The van der Waals surface area contributed by atoms with Gasteiger partial charge in [-0.1, -0.05) is 36.8 Å². The van der Waals surface area contributed by atoms with Crippen molar-refractivity contribution in [1.82, 2.24) is 15.8 Å². The van der Waals surface area contributed by atoms with Gasteiger partial charge >= 0.3 is 0 Å². The number of nitrogens with one attached hydrogen (secondary N) is 3. The van der Waals surface area contributed by atoms with Crippen molar-refractivity contribution in [2.75, 3.05) is 6.54 Å². The molecule has 2 aliphatic heterocycles. The largest absolute Gasteiger partial charge is 0.354 e. The van der Waals surface area contributed by atoms with E-state index in [2.05, 4.69) is 40.0 Å². The number of benzene rings is 2. The summed E-state index contributed by atoms with van der Waals surface area (Å²) in [4.78, 5) is 21.1. The van der Waals surface area contributed by atoms with Crippen molar-refractivity contribution < 1.29 is 9.63 Å². The third-order valence-electron chi connectivity index (χ3n) is 5.47. The molecule has 1 saturated heterocycles. The molecule has 0 radical (unpaired) electrons. The predicted octanol–water partition coefficient (Wildman–Crippen LogP) is 3.82. The van der Waals surface area contributed by atoms with Crippen molar-refractivity contribution >= 4 is 16.8 Å². The smallest absolute Gasteiger partial charge is 0.275 e. The van der Waals surface area contributed by atoms with E-state index >= 15 is 0 Å². The summed E-state index contributed by atoms with van der Waals surface area (Å²) in [7, 11) is 0. The maximum Gasteiger partial charge on any atom is 0.275 e. The Morgan fingerprint density at radius 1 is 1.04 bits per heavy atom. The summed E-state index contributed by atoms with van der Waals surface area (Å²) in [6.07, 6.45) is 3.75. The number of aromatic amines is 1.